The summed E-state index contributed by atoms with van der Waals surface area (Å²) < 4.78 is 75.7. The predicted molar refractivity (Wildman–Crippen MR) is 154 cm³/mol. The second kappa shape index (κ2) is 13.9. The van der Waals surface area contributed by atoms with Crippen LogP contribution in [-0.4, -0.2) is 42.7 Å². The first-order valence-electron chi connectivity index (χ1n) is 14.5. The maximum atomic E-state index is 13.9. The van der Waals surface area contributed by atoms with Gasteiger partial charge in [-0.1, -0.05) is 36.4 Å². The van der Waals surface area contributed by atoms with E-state index in [0.29, 0.717) is 37.0 Å². The van der Waals surface area contributed by atoms with Crippen LogP contribution in [0, 0.1) is 11.6 Å². The summed E-state index contributed by atoms with van der Waals surface area (Å²) in [5.74, 6) is -2.08. The number of alkyl halides is 3. The van der Waals surface area contributed by atoms with Crippen LogP contribution in [-0.2, 0) is 16.0 Å². The fourth-order valence-corrected chi connectivity index (χ4v) is 5.71. The van der Waals surface area contributed by atoms with Crippen molar-refractivity contribution in [2.45, 2.75) is 62.8 Å². The Labute approximate surface area is 251 Å². The van der Waals surface area contributed by atoms with Crippen LogP contribution in [0.25, 0.3) is 11.1 Å². The lowest BCUT2D eigenvalue weighted by Gasteiger charge is -2.26. The molecule has 0 unspecified atom stereocenters. The Balaban J connectivity index is 1.39. The van der Waals surface area contributed by atoms with E-state index in [2.05, 4.69) is 15.4 Å². The number of fused-ring (bicyclic) bond motifs is 5. The molecule has 2 bridgehead atoms. The van der Waals surface area contributed by atoms with Gasteiger partial charge in [0.05, 0.1) is 24.9 Å². The third kappa shape index (κ3) is 8.43. The van der Waals surface area contributed by atoms with Crippen molar-refractivity contribution in [1.29, 1.82) is 0 Å². The second-order valence-electron chi connectivity index (χ2n) is 11.0. The number of carbonyl (C=O) groups excluding carboxylic acids is 1. The number of rotatable bonds is 4. The fraction of sp³-hybridized carbons (Fsp3) is 0.364. The van der Waals surface area contributed by atoms with Crippen LogP contribution in [0.2, 0.25) is 0 Å². The molecule has 11 heteroatoms. The van der Waals surface area contributed by atoms with Gasteiger partial charge in [0.15, 0.2) is 0 Å². The van der Waals surface area contributed by atoms with E-state index in [0.717, 1.165) is 22.8 Å². The lowest BCUT2D eigenvalue weighted by molar-refractivity contribution is -0.274. The zero-order chi connectivity index (χ0) is 31.3. The molecule has 44 heavy (non-hydrogen) atoms. The van der Waals surface area contributed by atoms with Gasteiger partial charge in [-0.05, 0) is 83.8 Å². The number of aliphatic hydroxyl groups excluding tert-OH is 1. The highest BCUT2D eigenvalue weighted by molar-refractivity contribution is 5.76. The zero-order valence-electron chi connectivity index (χ0n) is 23.7. The minimum atomic E-state index is -4.78. The first kappa shape index (κ1) is 31.6. The van der Waals surface area contributed by atoms with E-state index in [-0.39, 0.29) is 43.2 Å². The first-order chi connectivity index (χ1) is 21.0. The molecule has 1 aliphatic heterocycles. The lowest BCUT2D eigenvalue weighted by Crippen LogP contribution is -2.49. The molecule has 0 aromatic heterocycles. The molecule has 0 radical (unpaired) electrons. The Morgan fingerprint density at radius 3 is 2.39 bits per heavy atom. The van der Waals surface area contributed by atoms with E-state index in [9.17, 15) is 31.9 Å². The molecule has 1 aliphatic carbocycles. The number of amides is 1. The summed E-state index contributed by atoms with van der Waals surface area (Å²) in [6, 6.07) is 13.4. The van der Waals surface area contributed by atoms with Gasteiger partial charge in [0.1, 0.15) is 17.4 Å². The standard InChI is InChI=1S/C33H33F5N2O4/c34-23-13-20(14-24(35)17-23)15-29-30(41)19-39-28-18-31(43-12-4-2-1-3-5-32(42)40-29)26-11-8-22(16-27(26)28)21-6-9-25(10-7-21)44-33(36,37)38/h2,4,6-11,13-14,16-17,28-31,39,41H,1,3,5,12,15,18-19H2,(H,40,42)/t28-,29-,30+,31+/m0/s1. The van der Waals surface area contributed by atoms with Gasteiger partial charge in [0.25, 0.3) is 0 Å². The highest BCUT2D eigenvalue weighted by Gasteiger charge is 2.33. The van der Waals surface area contributed by atoms with Crippen molar-refractivity contribution in [3.63, 3.8) is 0 Å². The van der Waals surface area contributed by atoms with Crippen LogP contribution in [0.15, 0.2) is 72.8 Å². The van der Waals surface area contributed by atoms with E-state index in [4.69, 9.17) is 4.74 Å². The number of ether oxygens (including phenoxy) is 2. The number of allylic oxidation sites excluding steroid dienone is 1. The molecule has 1 heterocycles. The van der Waals surface area contributed by atoms with E-state index < -0.39 is 30.1 Å². The molecule has 0 saturated carbocycles. The summed E-state index contributed by atoms with van der Waals surface area (Å²) in [5.41, 5.74) is 3.64. The number of nitrogens with one attached hydrogen (secondary N) is 2. The van der Waals surface area contributed by atoms with Gasteiger partial charge < -0.3 is 25.2 Å². The van der Waals surface area contributed by atoms with Gasteiger partial charge in [0, 0.05) is 25.1 Å². The van der Waals surface area contributed by atoms with E-state index in [1.165, 1.54) is 24.3 Å². The number of halogens is 5. The summed E-state index contributed by atoms with van der Waals surface area (Å²) in [5, 5.41) is 17.4. The van der Waals surface area contributed by atoms with Gasteiger partial charge in [-0.25, -0.2) is 8.78 Å². The van der Waals surface area contributed by atoms with Gasteiger partial charge in [-0.3, -0.25) is 4.79 Å². The van der Waals surface area contributed by atoms with Crippen molar-refractivity contribution in [2.24, 2.45) is 0 Å². The molecule has 5 rings (SSSR count). The third-order valence-electron chi connectivity index (χ3n) is 7.78. The number of hydrogen-bond acceptors (Lipinski definition) is 5. The SMILES string of the molecule is O=C1CCCC=CCO[C@@H]2C[C@H](NC[C@@H](O)[C@H](Cc3cc(F)cc(F)c3)N1)c1cc(-c3ccc(OC(F)(F)F)cc3)ccc12. The van der Waals surface area contributed by atoms with Crippen LogP contribution in [0.1, 0.15) is 54.5 Å². The molecule has 0 fully saturated rings. The summed E-state index contributed by atoms with van der Waals surface area (Å²) in [6.45, 7) is 0.438. The molecule has 3 aromatic carbocycles. The zero-order valence-corrected chi connectivity index (χ0v) is 23.7. The van der Waals surface area contributed by atoms with Crippen molar-refractivity contribution in [1.82, 2.24) is 10.6 Å². The number of β-amino-alcohol motifs (C(OH)–C–C–N with tert-alkyl or cyclic N) is 1. The number of hydrogen-bond donors (Lipinski definition) is 3. The molecular formula is C33H33F5N2O4. The Morgan fingerprint density at radius 2 is 1.66 bits per heavy atom. The van der Waals surface area contributed by atoms with Gasteiger partial charge in [-0.15, -0.1) is 13.2 Å². The molecule has 234 valence electrons. The van der Waals surface area contributed by atoms with E-state index in [1.807, 2.05) is 30.4 Å². The highest BCUT2D eigenvalue weighted by atomic mass is 19.4. The number of aliphatic hydroxyl groups is 1. The maximum Gasteiger partial charge on any atom is 0.573 e. The molecular weight excluding hydrogens is 583 g/mol. The summed E-state index contributed by atoms with van der Waals surface area (Å²) in [7, 11) is 0. The molecule has 3 N–H and O–H groups in total. The van der Waals surface area contributed by atoms with Gasteiger partial charge in [-0.2, -0.15) is 0 Å². The maximum absolute atomic E-state index is 13.9. The van der Waals surface area contributed by atoms with Crippen molar-refractivity contribution in [2.75, 3.05) is 13.2 Å². The van der Waals surface area contributed by atoms with Crippen molar-refractivity contribution >= 4 is 5.91 Å². The largest absolute Gasteiger partial charge is 0.573 e. The minimum Gasteiger partial charge on any atom is -0.406 e. The van der Waals surface area contributed by atoms with Gasteiger partial charge in [0.2, 0.25) is 5.91 Å². The molecule has 6 nitrogen and oxygen atoms in total. The third-order valence-corrected chi connectivity index (χ3v) is 7.78. The Hall–Kier alpha value is -3.80. The number of carbonyl (C=O) groups is 1. The summed E-state index contributed by atoms with van der Waals surface area (Å²) in [4.78, 5) is 12.7. The predicted octanol–water partition coefficient (Wildman–Crippen LogP) is 6.45. The summed E-state index contributed by atoms with van der Waals surface area (Å²) in [6.07, 6.45) is -0.212. The monoisotopic (exact) mass is 616 g/mol. The molecule has 0 spiro atoms. The van der Waals surface area contributed by atoms with Crippen LogP contribution in [0.5, 0.6) is 5.75 Å². The Morgan fingerprint density at radius 1 is 0.932 bits per heavy atom. The first-order valence-corrected chi connectivity index (χ1v) is 14.5. The minimum absolute atomic E-state index is 0.0222. The quantitative estimate of drug-likeness (QED) is 0.232. The lowest BCUT2D eigenvalue weighted by atomic mass is 9.98. The van der Waals surface area contributed by atoms with Crippen LogP contribution < -0.4 is 15.4 Å². The topological polar surface area (TPSA) is 79.8 Å². The molecule has 1 amide bonds. The van der Waals surface area contributed by atoms with E-state index >= 15 is 0 Å². The van der Waals surface area contributed by atoms with Crippen molar-refractivity contribution in [3.8, 4) is 16.9 Å². The fourth-order valence-electron chi connectivity index (χ4n) is 5.71. The molecule has 0 saturated heterocycles. The Kier molecular flexibility index (Phi) is 9.97. The van der Waals surface area contributed by atoms with E-state index in [1.54, 1.807) is 12.1 Å². The molecule has 2 aliphatic rings. The average Bonchev–Trinajstić information content (AvgIpc) is 3.30. The van der Waals surface area contributed by atoms with Gasteiger partial charge >= 0.3 is 6.36 Å². The van der Waals surface area contributed by atoms with Crippen LogP contribution in [0.4, 0.5) is 22.0 Å². The highest BCUT2D eigenvalue weighted by Crippen LogP contribution is 2.43. The van der Waals surface area contributed by atoms with Crippen LogP contribution in [0.3, 0.4) is 0 Å². The smallest absolute Gasteiger partial charge is 0.406 e. The van der Waals surface area contributed by atoms with Crippen molar-refractivity contribution in [3.05, 3.63) is 101 Å². The van der Waals surface area contributed by atoms with Crippen LogP contribution >= 0.6 is 0 Å². The summed E-state index contributed by atoms with van der Waals surface area (Å²) >= 11 is 0. The van der Waals surface area contributed by atoms with Crippen molar-refractivity contribution < 1.29 is 41.3 Å². The second-order valence-corrected chi connectivity index (χ2v) is 11.0. The molecule has 3 aromatic rings. The Bertz CT molecular complexity index is 1460. The normalized spacial score (nSPS) is 23.2. The average molecular weight is 617 g/mol. The number of benzene rings is 3. The molecule has 4 atom stereocenters.